The molecular weight excluding hydrogens is 512 g/mol. The number of benzene rings is 1. The average molecular weight is 545 g/mol. The van der Waals surface area contributed by atoms with E-state index >= 15 is 0 Å². The molecule has 3 N–H and O–H groups in total. The number of sulfone groups is 1. The van der Waals surface area contributed by atoms with Crippen molar-refractivity contribution < 1.29 is 32.7 Å². The zero-order valence-electron chi connectivity index (χ0n) is 21.7. The molecule has 1 fully saturated rings. The zero-order chi connectivity index (χ0) is 28.3. The lowest BCUT2D eigenvalue weighted by molar-refractivity contribution is -0.151. The number of carboxylic acid groups (broad SMARTS) is 1. The molecule has 1 saturated heterocycles. The van der Waals surface area contributed by atoms with Crippen LogP contribution < -0.4 is 10.6 Å². The summed E-state index contributed by atoms with van der Waals surface area (Å²) in [5, 5.41) is 16.1. The minimum Gasteiger partial charge on any atom is -0.481 e. The fourth-order valence-corrected chi connectivity index (χ4v) is 4.48. The number of carbonyl (C=O) groups excluding carboxylic acids is 3. The molecule has 0 spiro atoms. The molecule has 0 aliphatic carbocycles. The van der Waals surface area contributed by atoms with Crippen molar-refractivity contribution >= 4 is 44.4 Å². The summed E-state index contributed by atoms with van der Waals surface area (Å²) in [6.45, 7) is 5.64. The summed E-state index contributed by atoms with van der Waals surface area (Å²) in [4.78, 5) is 56.4. The number of nitrogens with one attached hydrogen (secondary N) is 2. The first-order valence-corrected chi connectivity index (χ1v) is 14.0. The number of pyridine rings is 1. The SMILES string of the molecule is CC(C)(C)[C@H](NC(=O)c1ccc2ccccc2n1)C(=O)N1CC[C@@H]1C(=O)N[C@H](C=CS(C)(=O)=O)CC(=O)O. The van der Waals surface area contributed by atoms with E-state index < -0.39 is 63.5 Å². The van der Waals surface area contributed by atoms with Crippen LogP contribution in [0.4, 0.5) is 0 Å². The molecule has 3 rings (SSSR count). The monoisotopic (exact) mass is 544 g/mol. The van der Waals surface area contributed by atoms with Gasteiger partial charge in [0.1, 0.15) is 17.8 Å². The summed E-state index contributed by atoms with van der Waals surface area (Å²) in [5.41, 5.74) is 0.0847. The summed E-state index contributed by atoms with van der Waals surface area (Å²) < 4.78 is 22.9. The number of rotatable bonds is 9. The Labute approximate surface area is 221 Å². The molecule has 1 aliphatic rings. The Morgan fingerprint density at radius 2 is 1.82 bits per heavy atom. The highest BCUT2D eigenvalue weighted by atomic mass is 32.2. The minimum atomic E-state index is -3.54. The van der Waals surface area contributed by atoms with Crippen LogP contribution in [0.15, 0.2) is 47.9 Å². The van der Waals surface area contributed by atoms with Gasteiger partial charge in [-0.05, 0) is 24.0 Å². The second-order valence-electron chi connectivity index (χ2n) is 10.4. The quantitative estimate of drug-likeness (QED) is 0.428. The van der Waals surface area contributed by atoms with Gasteiger partial charge in [-0.25, -0.2) is 13.4 Å². The van der Waals surface area contributed by atoms with Crippen LogP contribution >= 0.6 is 0 Å². The molecule has 0 bridgehead atoms. The number of amides is 3. The van der Waals surface area contributed by atoms with Crippen molar-refractivity contribution in [3.8, 4) is 0 Å². The van der Waals surface area contributed by atoms with Crippen LogP contribution in [0.5, 0.6) is 0 Å². The Bertz CT molecular complexity index is 1380. The number of hydrogen-bond acceptors (Lipinski definition) is 7. The number of nitrogens with zero attached hydrogens (tertiary/aromatic N) is 2. The highest BCUT2D eigenvalue weighted by Gasteiger charge is 2.44. The molecule has 0 unspecified atom stereocenters. The number of fused-ring (bicyclic) bond motifs is 1. The summed E-state index contributed by atoms with van der Waals surface area (Å²) >= 11 is 0. The fraction of sp³-hybridized carbons (Fsp3) is 0.423. The van der Waals surface area contributed by atoms with Crippen LogP contribution in [0.2, 0.25) is 0 Å². The van der Waals surface area contributed by atoms with Gasteiger partial charge in [-0.2, -0.15) is 0 Å². The maximum Gasteiger partial charge on any atom is 0.305 e. The van der Waals surface area contributed by atoms with Gasteiger partial charge in [-0.3, -0.25) is 19.2 Å². The minimum absolute atomic E-state index is 0.151. The number of hydrogen-bond donors (Lipinski definition) is 3. The van der Waals surface area contributed by atoms with Crippen LogP contribution in [0, 0.1) is 5.41 Å². The molecule has 11 nitrogen and oxygen atoms in total. The fourth-order valence-electron chi connectivity index (χ4n) is 4.01. The summed E-state index contributed by atoms with van der Waals surface area (Å²) in [7, 11) is -3.54. The first kappa shape index (κ1) is 28.8. The van der Waals surface area contributed by atoms with Crippen molar-refractivity contribution in [3.05, 3.63) is 53.6 Å². The maximum absolute atomic E-state index is 13.5. The van der Waals surface area contributed by atoms with E-state index in [0.29, 0.717) is 11.9 Å². The summed E-state index contributed by atoms with van der Waals surface area (Å²) in [6, 6.07) is 7.74. The van der Waals surface area contributed by atoms with Crippen LogP contribution in [0.25, 0.3) is 10.9 Å². The predicted molar refractivity (Wildman–Crippen MR) is 141 cm³/mol. The Morgan fingerprint density at radius 3 is 2.39 bits per heavy atom. The highest BCUT2D eigenvalue weighted by Crippen LogP contribution is 2.27. The third-order valence-electron chi connectivity index (χ3n) is 6.11. The topological polar surface area (TPSA) is 163 Å². The lowest BCUT2D eigenvalue weighted by atomic mass is 9.84. The Morgan fingerprint density at radius 1 is 1.13 bits per heavy atom. The first-order chi connectivity index (χ1) is 17.7. The molecule has 38 heavy (non-hydrogen) atoms. The van der Waals surface area contributed by atoms with Gasteiger partial charge in [0.15, 0.2) is 9.84 Å². The summed E-state index contributed by atoms with van der Waals surface area (Å²) in [5.74, 6) is -2.82. The number of aliphatic carboxylic acids is 1. The lowest BCUT2D eigenvalue weighted by Crippen LogP contribution is -2.65. The normalized spacial score (nSPS) is 17.5. The van der Waals surface area contributed by atoms with Crippen LogP contribution in [-0.2, 0) is 24.2 Å². The van der Waals surface area contributed by atoms with Crippen LogP contribution in [0.1, 0.15) is 44.1 Å². The van der Waals surface area contributed by atoms with E-state index in [-0.39, 0.29) is 12.2 Å². The van der Waals surface area contributed by atoms with Gasteiger partial charge >= 0.3 is 5.97 Å². The molecule has 2 heterocycles. The second-order valence-corrected chi connectivity index (χ2v) is 12.3. The van der Waals surface area contributed by atoms with Crippen LogP contribution in [-0.4, -0.2) is 78.0 Å². The van der Waals surface area contributed by atoms with Gasteiger partial charge in [0.25, 0.3) is 5.91 Å². The number of carbonyl (C=O) groups is 4. The average Bonchev–Trinajstić information content (AvgIpc) is 2.78. The molecule has 3 amide bonds. The van der Waals surface area contributed by atoms with Gasteiger partial charge in [0.05, 0.1) is 18.0 Å². The molecule has 1 aromatic heterocycles. The Hall–Kier alpha value is -3.80. The molecule has 204 valence electrons. The number of likely N-dealkylation sites (tertiary alicyclic amines) is 1. The second kappa shape index (κ2) is 11.3. The molecular formula is C26H32N4O7S. The number of para-hydroxylation sites is 1. The van der Waals surface area contributed by atoms with Crippen molar-refractivity contribution in [3.63, 3.8) is 0 Å². The Balaban J connectivity index is 1.75. The van der Waals surface area contributed by atoms with Crippen molar-refractivity contribution in [1.29, 1.82) is 0 Å². The molecule has 1 aromatic carbocycles. The van der Waals surface area contributed by atoms with E-state index in [1.165, 1.54) is 4.90 Å². The van der Waals surface area contributed by atoms with Crippen molar-refractivity contribution in [1.82, 2.24) is 20.5 Å². The molecule has 0 saturated carbocycles. The highest BCUT2D eigenvalue weighted by molar-refractivity contribution is 7.93. The van der Waals surface area contributed by atoms with Gasteiger partial charge in [0, 0.05) is 23.6 Å². The van der Waals surface area contributed by atoms with E-state index in [0.717, 1.165) is 23.1 Å². The van der Waals surface area contributed by atoms with E-state index in [1.807, 2.05) is 18.2 Å². The molecule has 0 radical (unpaired) electrons. The van der Waals surface area contributed by atoms with E-state index in [2.05, 4.69) is 15.6 Å². The van der Waals surface area contributed by atoms with Gasteiger partial charge < -0.3 is 20.6 Å². The molecule has 2 aromatic rings. The number of aromatic nitrogens is 1. The standard InChI is InChI=1S/C26H32N4O7S/c1-26(2,3)22(29-23(33)19-10-9-16-7-5-6-8-18(16)28-19)25(35)30-13-11-20(30)24(34)27-17(15-21(31)32)12-14-38(4,36)37/h5-10,12,14,17,20,22H,11,13,15H2,1-4H3,(H,27,34)(H,29,33)(H,31,32)/t17-,20-,22-/m1/s1. The van der Waals surface area contributed by atoms with Crippen molar-refractivity contribution in [2.24, 2.45) is 5.41 Å². The molecule has 3 atom stereocenters. The van der Waals surface area contributed by atoms with E-state index in [1.54, 1.807) is 39.0 Å². The van der Waals surface area contributed by atoms with Gasteiger partial charge in [-0.15, -0.1) is 0 Å². The van der Waals surface area contributed by atoms with Gasteiger partial charge in [-0.1, -0.05) is 51.1 Å². The van der Waals surface area contributed by atoms with E-state index in [4.69, 9.17) is 5.11 Å². The summed E-state index contributed by atoms with van der Waals surface area (Å²) in [6.07, 6.45) is 1.85. The third-order valence-corrected chi connectivity index (χ3v) is 6.76. The lowest BCUT2D eigenvalue weighted by Gasteiger charge is -2.44. The van der Waals surface area contributed by atoms with Crippen LogP contribution in [0.3, 0.4) is 0 Å². The first-order valence-electron chi connectivity index (χ1n) is 12.0. The molecule has 12 heteroatoms. The third kappa shape index (κ3) is 7.37. The number of carboxylic acids is 1. The maximum atomic E-state index is 13.5. The molecule has 1 aliphatic heterocycles. The largest absolute Gasteiger partial charge is 0.481 e. The van der Waals surface area contributed by atoms with Crippen molar-refractivity contribution in [2.75, 3.05) is 12.8 Å². The van der Waals surface area contributed by atoms with E-state index in [9.17, 15) is 27.6 Å². The van der Waals surface area contributed by atoms with Gasteiger partial charge in [0.2, 0.25) is 11.8 Å². The smallest absolute Gasteiger partial charge is 0.305 e. The Kier molecular flexibility index (Phi) is 8.55. The zero-order valence-corrected chi connectivity index (χ0v) is 22.5. The van der Waals surface area contributed by atoms with Crippen molar-refractivity contribution in [2.45, 2.75) is 51.7 Å². The predicted octanol–water partition coefficient (Wildman–Crippen LogP) is 1.50.